The molecule has 0 atom stereocenters. The molecule has 0 aliphatic rings. The van der Waals surface area contributed by atoms with Gasteiger partial charge in [-0.25, -0.2) is 0 Å². The molecule has 4 nitrogen and oxygen atoms in total. The highest BCUT2D eigenvalue weighted by atomic mass is 16.3. The van der Waals surface area contributed by atoms with Crippen LogP contribution in [0.15, 0.2) is 54.9 Å². The lowest BCUT2D eigenvalue weighted by Crippen LogP contribution is -2.01. The number of pyridine rings is 1. The molecule has 0 aliphatic heterocycles. The van der Waals surface area contributed by atoms with Crippen LogP contribution in [0.1, 0.15) is 11.1 Å². The molecule has 0 aliphatic carbocycles. The lowest BCUT2D eigenvalue weighted by molar-refractivity contribution is 0.282. The molecule has 3 rings (SSSR count). The predicted octanol–water partition coefficient (Wildman–Crippen LogP) is 2.92. The van der Waals surface area contributed by atoms with E-state index in [0.717, 1.165) is 33.3 Å². The minimum Gasteiger partial charge on any atom is -0.398 e. The number of hydrogen-bond acceptors (Lipinski definition) is 4. The Hall–Kier alpha value is -2.59. The first-order valence-electron chi connectivity index (χ1n) is 6.82. The molecule has 0 saturated carbocycles. The smallest absolute Gasteiger partial charge is 0.0681 e. The lowest BCUT2D eigenvalue weighted by atomic mass is 10.1. The maximum atomic E-state index is 9.05. The summed E-state index contributed by atoms with van der Waals surface area (Å²) in [6.07, 6.45) is 3.57. The Morgan fingerprint density at radius 1 is 0.952 bits per heavy atom. The number of nitrogen functional groups attached to an aromatic ring is 1. The van der Waals surface area contributed by atoms with Crippen molar-refractivity contribution in [3.63, 3.8) is 0 Å². The Morgan fingerprint density at radius 2 is 1.71 bits per heavy atom. The number of nitrogens with one attached hydrogen (secondary N) is 1. The number of aliphatic hydroxyl groups excluding tert-OH is 1. The summed E-state index contributed by atoms with van der Waals surface area (Å²) in [4.78, 5) is 4.17. The van der Waals surface area contributed by atoms with Crippen LogP contribution in [-0.2, 0) is 13.2 Å². The van der Waals surface area contributed by atoms with Crippen molar-refractivity contribution in [3.8, 4) is 0 Å². The Kier molecular flexibility index (Phi) is 3.71. The molecule has 0 radical (unpaired) electrons. The largest absolute Gasteiger partial charge is 0.398 e. The number of anilines is 2. The van der Waals surface area contributed by atoms with Crippen molar-refractivity contribution < 1.29 is 5.11 Å². The average molecular weight is 279 g/mol. The second-order valence-electron chi connectivity index (χ2n) is 4.95. The van der Waals surface area contributed by atoms with Crippen LogP contribution in [0.2, 0.25) is 0 Å². The van der Waals surface area contributed by atoms with Crippen LogP contribution in [0.3, 0.4) is 0 Å². The number of nitrogens with zero attached hydrogens (tertiary/aromatic N) is 1. The van der Waals surface area contributed by atoms with Crippen LogP contribution in [0.25, 0.3) is 10.8 Å². The molecule has 0 unspecified atom stereocenters. The molecule has 4 N–H and O–H groups in total. The van der Waals surface area contributed by atoms with E-state index in [-0.39, 0.29) is 6.61 Å². The van der Waals surface area contributed by atoms with E-state index < -0.39 is 0 Å². The third kappa shape index (κ3) is 2.80. The molecule has 21 heavy (non-hydrogen) atoms. The molecule has 0 amide bonds. The summed E-state index contributed by atoms with van der Waals surface area (Å²) in [5.74, 6) is 0. The highest BCUT2D eigenvalue weighted by Gasteiger charge is 2.04. The van der Waals surface area contributed by atoms with Gasteiger partial charge in [0.2, 0.25) is 0 Å². The maximum absolute atomic E-state index is 9.05. The third-order valence-electron chi connectivity index (χ3n) is 3.54. The van der Waals surface area contributed by atoms with E-state index in [1.54, 1.807) is 6.20 Å². The molecule has 4 heteroatoms. The van der Waals surface area contributed by atoms with Crippen LogP contribution in [0, 0.1) is 0 Å². The Balaban J connectivity index is 1.83. The zero-order chi connectivity index (χ0) is 14.7. The predicted molar refractivity (Wildman–Crippen MR) is 85.8 cm³/mol. The number of benzene rings is 2. The molecule has 106 valence electrons. The molecule has 0 bridgehead atoms. The number of fused-ring (bicyclic) bond motifs is 1. The van der Waals surface area contributed by atoms with Gasteiger partial charge in [-0.2, -0.15) is 0 Å². The normalized spacial score (nSPS) is 10.7. The summed E-state index contributed by atoms with van der Waals surface area (Å²) in [6, 6.07) is 13.7. The van der Waals surface area contributed by atoms with Crippen molar-refractivity contribution in [1.82, 2.24) is 4.98 Å². The quantitative estimate of drug-likeness (QED) is 0.642. The van der Waals surface area contributed by atoms with Crippen molar-refractivity contribution in [2.24, 2.45) is 0 Å². The summed E-state index contributed by atoms with van der Waals surface area (Å²) >= 11 is 0. The van der Waals surface area contributed by atoms with Crippen molar-refractivity contribution >= 4 is 22.1 Å². The number of aromatic nitrogens is 1. The van der Waals surface area contributed by atoms with Crippen LogP contribution in [0.4, 0.5) is 11.4 Å². The fourth-order valence-electron chi connectivity index (χ4n) is 2.33. The summed E-state index contributed by atoms with van der Waals surface area (Å²) < 4.78 is 0. The Morgan fingerprint density at radius 3 is 2.48 bits per heavy atom. The van der Waals surface area contributed by atoms with Gasteiger partial charge in [-0.15, -0.1) is 0 Å². The molecule has 1 aromatic heterocycles. The van der Waals surface area contributed by atoms with E-state index in [2.05, 4.69) is 10.3 Å². The van der Waals surface area contributed by atoms with Gasteiger partial charge in [-0.3, -0.25) is 4.98 Å². The highest BCUT2D eigenvalue weighted by Crippen LogP contribution is 2.27. The van der Waals surface area contributed by atoms with Crippen molar-refractivity contribution in [1.29, 1.82) is 0 Å². The van der Waals surface area contributed by atoms with Crippen LogP contribution < -0.4 is 11.1 Å². The molecule has 0 spiro atoms. The van der Waals surface area contributed by atoms with Gasteiger partial charge in [-0.1, -0.05) is 24.3 Å². The number of hydrogen-bond donors (Lipinski definition) is 3. The number of aliphatic hydroxyl groups is 1. The number of rotatable bonds is 4. The molecule has 2 aromatic carbocycles. The molecule has 0 saturated heterocycles. The van der Waals surface area contributed by atoms with E-state index in [0.29, 0.717) is 6.54 Å². The van der Waals surface area contributed by atoms with E-state index in [9.17, 15) is 0 Å². The van der Waals surface area contributed by atoms with Gasteiger partial charge >= 0.3 is 0 Å². The second-order valence-corrected chi connectivity index (χ2v) is 4.95. The first kappa shape index (κ1) is 13.4. The minimum atomic E-state index is 0.0714. The third-order valence-corrected chi connectivity index (χ3v) is 3.54. The van der Waals surface area contributed by atoms with Gasteiger partial charge < -0.3 is 16.2 Å². The molecular weight excluding hydrogens is 262 g/mol. The van der Waals surface area contributed by atoms with Crippen molar-refractivity contribution in [2.75, 3.05) is 11.1 Å². The molecular formula is C17H17N3O. The van der Waals surface area contributed by atoms with Gasteiger partial charge in [0.1, 0.15) is 0 Å². The molecule has 1 heterocycles. The maximum Gasteiger partial charge on any atom is 0.0681 e. The van der Waals surface area contributed by atoms with Crippen LogP contribution >= 0.6 is 0 Å². The van der Waals surface area contributed by atoms with Gasteiger partial charge in [0.05, 0.1) is 6.61 Å². The van der Waals surface area contributed by atoms with Crippen LogP contribution in [0.5, 0.6) is 0 Å². The van der Waals surface area contributed by atoms with Crippen molar-refractivity contribution in [3.05, 3.63) is 66.0 Å². The second kappa shape index (κ2) is 5.81. The van der Waals surface area contributed by atoms with Gasteiger partial charge in [-0.05, 0) is 29.3 Å². The van der Waals surface area contributed by atoms with Gasteiger partial charge in [0.25, 0.3) is 0 Å². The fourth-order valence-corrected chi connectivity index (χ4v) is 2.33. The topological polar surface area (TPSA) is 71.2 Å². The first-order chi connectivity index (χ1) is 10.3. The summed E-state index contributed by atoms with van der Waals surface area (Å²) in [5.41, 5.74) is 9.82. The standard InChI is InChI=1S/C17H17N3O/c18-16-5-6-17(15-10-19-8-7-14(15)16)20-9-12-1-3-13(11-21)4-2-12/h1-8,10,20-21H,9,11,18H2. The summed E-state index contributed by atoms with van der Waals surface area (Å²) in [5, 5.41) is 14.5. The first-order valence-corrected chi connectivity index (χ1v) is 6.82. The van der Waals surface area contributed by atoms with E-state index in [4.69, 9.17) is 10.8 Å². The summed E-state index contributed by atoms with van der Waals surface area (Å²) in [7, 11) is 0. The highest BCUT2D eigenvalue weighted by molar-refractivity contribution is 6.00. The average Bonchev–Trinajstić information content (AvgIpc) is 2.55. The number of nitrogens with two attached hydrogens (primary N) is 1. The summed E-state index contributed by atoms with van der Waals surface area (Å²) in [6.45, 7) is 0.779. The lowest BCUT2D eigenvalue weighted by Gasteiger charge is -2.11. The molecule has 0 fully saturated rings. The minimum absolute atomic E-state index is 0.0714. The van der Waals surface area contributed by atoms with Gasteiger partial charge in [0, 0.05) is 41.1 Å². The fraction of sp³-hybridized carbons (Fsp3) is 0.118. The van der Waals surface area contributed by atoms with Crippen molar-refractivity contribution in [2.45, 2.75) is 13.2 Å². The van der Waals surface area contributed by atoms with Gasteiger partial charge in [0.15, 0.2) is 0 Å². The molecule has 3 aromatic rings. The monoisotopic (exact) mass is 279 g/mol. The van der Waals surface area contributed by atoms with E-state index in [1.165, 1.54) is 0 Å². The van der Waals surface area contributed by atoms with E-state index >= 15 is 0 Å². The van der Waals surface area contributed by atoms with E-state index in [1.807, 2.05) is 48.7 Å². The van der Waals surface area contributed by atoms with Crippen LogP contribution in [-0.4, -0.2) is 10.1 Å². The Bertz CT molecular complexity index is 754. The zero-order valence-electron chi connectivity index (χ0n) is 11.6. The zero-order valence-corrected chi connectivity index (χ0v) is 11.6. The SMILES string of the molecule is Nc1ccc(NCc2ccc(CO)cc2)c2cnccc12. The Labute approximate surface area is 123 Å².